The van der Waals surface area contributed by atoms with Crippen molar-refractivity contribution in [1.29, 1.82) is 0 Å². The summed E-state index contributed by atoms with van der Waals surface area (Å²) in [7, 11) is 0. The average Bonchev–Trinajstić information content (AvgIpc) is 2.46. The van der Waals surface area contributed by atoms with E-state index in [1.165, 1.54) is 11.1 Å². The van der Waals surface area contributed by atoms with Crippen LogP contribution in [0.2, 0.25) is 0 Å². The third kappa shape index (κ3) is 4.53. The predicted octanol–water partition coefficient (Wildman–Crippen LogP) is 3.06. The third-order valence-electron chi connectivity index (χ3n) is 3.16. The van der Waals surface area contributed by atoms with Gasteiger partial charge in [-0.15, -0.1) is 0 Å². The molecule has 2 aromatic heterocycles. The fraction of sp³-hybridized carbons (Fsp3) is 0.375. The van der Waals surface area contributed by atoms with Crippen molar-refractivity contribution in [2.24, 2.45) is 0 Å². The number of rotatable bonds is 7. The zero-order valence-corrected chi connectivity index (χ0v) is 12.0. The first kappa shape index (κ1) is 14.3. The van der Waals surface area contributed by atoms with Crippen LogP contribution in [0.25, 0.3) is 0 Å². The van der Waals surface area contributed by atoms with E-state index in [0.29, 0.717) is 5.82 Å². The first-order valence-corrected chi connectivity index (χ1v) is 7.17. The highest BCUT2D eigenvalue weighted by Gasteiger charge is 1.97. The zero-order valence-electron chi connectivity index (χ0n) is 12.0. The van der Waals surface area contributed by atoms with Gasteiger partial charge >= 0.3 is 0 Å². The molecule has 20 heavy (non-hydrogen) atoms. The van der Waals surface area contributed by atoms with Crippen LogP contribution in [0.5, 0.6) is 0 Å². The van der Waals surface area contributed by atoms with Gasteiger partial charge < -0.3 is 11.1 Å². The van der Waals surface area contributed by atoms with Crippen LogP contribution < -0.4 is 11.1 Å². The molecule has 4 heteroatoms. The number of hydrogen-bond donors (Lipinski definition) is 2. The summed E-state index contributed by atoms with van der Waals surface area (Å²) in [6.45, 7) is 3.08. The molecule has 0 aliphatic carbocycles. The molecule has 2 heterocycles. The normalized spacial score (nSPS) is 10.4. The minimum Gasteiger partial charge on any atom is -0.384 e. The van der Waals surface area contributed by atoms with Gasteiger partial charge in [0.1, 0.15) is 11.6 Å². The highest BCUT2D eigenvalue weighted by atomic mass is 15.0. The minimum atomic E-state index is 0.587. The Morgan fingerprint density at radius 2 is 2.00 bits per heavy atom. The van der Waals surface area contributed by atoms with Crippen molar-refractivity contribution in [2.75, 3.05) is 17.6 Å². The summed E-state index contributed by atoms with van der Waals surface area (Å²) >= 11 is 0. The molecule has 0 bridgehead atoms. The molecule has 2 rings (SSSR count). The van der Waals surface area contributed by atoms with Crippen LogP contribution in [-0.4, -0.2) is 16.5 Å². The van der Waals surface area contributed by atoms with E-state index in [2.05, 4.69) is 34.3 Å². The molecule has 0 aromatic carbocycles. The van der Waals surface area contributed by atoms with Gasteiger partial charge in [-0.05, 0) is 48.6 Å². The lowest BCUT2D eigenvalue weighted by molar-refractivity contribution is 0.856. The number of nitrogens with two attached hydrogens (primary N) is 1. The van der Waals surface area contributed by atoms with Crippen molar-refractivity contribution in [2.45, 2.75) is 32.6 Å². The Hall–Kier alpha value is -2.10. The Morgan fingerprint density at radius 1 is 1.10 bits per heavy atom. The van der Waals surface area contributed by atoms with E-state index in [1.54, 1.807) is 6.20 Å². The summed E-state index contributed by atoms with van der Waals surface area (Å²) in [6.07, 6.45) is 8.00. The van der Waals surface area contributed by atoms with Crippen LogP contribution in [-0.2, 0) is 12.8 Å². The largest absolute Gasteiger partial charge is 0.384 e. The lowest BCUT2D eigenvalue weighted by Crippen LogP contribution is -2.05. The summed E-state index contributed by atoms with van der Waals surface area (Å²) in [5.41, 5.74) is 8.18. The molecule has 0 saturated carbocycles. The second-order valence-electron chi connectivity index (χ2n) is 4.92. The number of nitrogens with zero attached hydrogens (tertiary/aromatic N) is 2. The molecule has 0 unspecified atom stereocenters. The zero-order chi connectivity index (χ0) is 14.2. The van der Waals surface area contributed by atoms with Gasteiger partial charge in [0.25, 0.3) is 0 Å². The number of aryl methyl sites for hydroxylation is 2. The molecule has 3 N–H and O–H groups in total. The van der Waals surface area contributed by atoms with Crippen molar-refractivity contribution < 1.29 is 0 Å². The van der Waals surface area contributed by atoms with E-state index >= 15 is 0 Å². The van der Waals surface area contributed by atoms with Gasteiger partial charge in [-0.1, -0.05) is 19.4 Å². The summed E-state index contributed by atoms with van der Waals surface area (Å²) in [4.78, 5) is 8.41. The Kier molecular flexibility index (Phi) is 5.35. The fourth-order valence-electron chi connectivity index (χ4n) is 2.12. The topological polar surface area (TPSA) is 63.8 Å². The molecule has 2 aromatic rings. The van der Waals surface area contributed by atoms with Gasteiger partial charge in [0.15, 0.2) is 0 Å². The summed E-state index contributed by atoms with van der Waals surface area (Å²) in [5.74, 6) is 1.53. The summed E-state index contributed by atoms with van der Waals surface area (Å²) < 4.78 is 0. The maximum atomic E-state index is 5.66. The number of anilines is 2. The molecule has 0 atom stereocenters. The molecule has 0 fully saturated rings. The fourth-order valence-corrected chi connectivity index (χ4v) is 2.12. The molecule has 106 valence electrons. The van der Waals surface area contributed by atoms with Gasteiger partial charge in [0.2, 0.25) is 0 Å². The van der Waals surface area contributed by atoms with Gasteiger partial charge in [0, 0.05) is 18.9 Å². The van der Waals surface area contributed by atoms with E-state index in [4.69, 9.17) is 5.73 Å². The minimum absolute atomic E-state index is 0.587. The summed E-state index contributed by atoms with van der Waals surface area (Å²) in [6, 6.07) is 8.13. The van der Waals surface area contributed by atoms with Gasteiger partial charge in [-0.25, -0.2) is 9.97 Å². The van der Waals surface area contributed by atoms with E-state index in [9.17, 15) is 0 Å². The van der Waals surface area contributed by atoms with Gasteiger partial charge in [-0.3, -0.25) is 0 Å². The van der Waals surface area contributed by atoms with Crippen molar-refractivity contribution in [3.63, 3.8) is 0 Å². The van der Waals surface area contributed by atoms with Crippen molar-refractivity contribution >= 4 is 11.6 Å². The molecule has 0 spiro atoms. The van der Waals surface area contributed by atoms with Crippen LogP contribution in [0.15, 0.2) is 36.7 Å². The molecule has 0 aliphatic heterocycles. The highest BCUT2D eigenvalue weighted by Crippen LogP contribution is 2.09. The van der Waals surface area contributed by atoms with Gasteiger partial charge in [-0.2, -0.15) is 0 Å². The number of aromatic nitrogens is 2. The molecular weight excluding hydrogens is 248 g/mol. The van der Waals surface area contributed by atoms with E-state index in [1.807, 2.05) is 18.3 Å². The number of nitrogens with one attached hydrogen (secondary N) is 1. The summed E-state index contributed by atoms with van der Waals surface area (Å²) in [5, 5.41) is 3.34. The van der Waals surface area contributed by atoms with Crippen LogP contribution in [0.4, 0.5) is 11.6 Å². The van der Waals surface area contributed by atoms with Crippen LogP contribution in [0.3, 0.4) is 0 Å². The Balaban J connectivity index is 1.73. The lowest BCUT2D eigenvalue weighted by Gasteiger charge is -2.06. The molecule has 0 saturated heterocycles. The molecular formula is C16H22N4. The maximum Gasteiger partial charge on any atom is 0.125 e. The average molecular weight is 270 g/mol. The van der Waals surface area contributed by atoms with Gasteiger partial charge in [0.05, 0.1) is 0 Å². The first-order chi connectivity index (χ1) is 9.78. The monoisotopic (exact) mass is 270 g/mol. The SMILES string of the molecule is CCCc1ccc(NCCCc2ccnc(N)c2)nc1. The van der Waals surface area contributed by atoms with Crippen molar-refractivity contribution in [3.05, 3.63) is 47.8 Å². The Morgan fingerprint density at radius 3 is 2.70 bits per heavy atom. The molecule has 4 nitrogen and oxygen atoms in total. The standard InChI is InChI=1S/C16H22N4/c1-2-4-14-6-7-16(20-12-14)19-9-3-5-13-8-10-18-15(17)11-13/h6-8,10-12H,2-5,9H2,1H3,(H2,17,18)(H,19,20). The predicted molar refractivity (Wildman–Crippen MR) is 83.7 cm³/mol. The molecule has 0 aliphatic rings. The number of pyridine rings is 2. The first-order valence-electron chi connectivity index (χ1n) is 7.17. The van der Waals surface area contributed by atoms with Crippen LogP contribution in [0.1, 0.15) is 30.9 Å². The van der Waals surface area contributed by atoms with Crippen LogP contribution >= 0.6 is 0 Å². The number of hydrogen-bond acceptors (Lipinski definition) is 4. The quantitative estimate of drug-likeness (QED) is 0.759. The maximum absolute atomic E-state index is 5.66. The Labute approximate surface area is 120 Å². The van der Waals surface area contributed by atoms with E-state index < -0.39 is 0 Å². The van der Waals surface area contributed by atoms with Crippen LogP contribution in [0, 0.1) is 0 Å². The van der Waals surface area contributed by atoms with Crippen molar-refractivity contribution in [3.8, 4) is 0 Å². The molecule has 0 radical (unpaired) electrons. The second kappa shape index (κ2) is 7.48. The second-order valence-corrected chi connectivity index (χ2v) is 4.92. The van der Waals surface area contributed by atoms with E-state index in [0.717, 1.165) is 38.0 Å². The highest BCUT2D eigenvalue weighted by molar-refractivity contribution is 5.35. The van der Waals surface area contributed by atoms with E-state index in [-0.39, 0.29) is 0 Å². The lowest BCUT2D eigenvalue weighted by atomic mass is 10.1. The van der Waals surface area contributed by atoms with Crippen molar-refractivity contribution in [1.82, 2.24) is 9.97 Å². The Bertz CT molecular complexity index is 522. The smallest absolute Gasteiger partial charge is 0.125 e. The molecule has 0 amide bonds. The third-order valence-corrected chi connectivity index (χ3v) is 3.16. The number of nitrogen functional groups attached to an aromatic ring is 1.